The Bertz CT molecular complexity index is 833. The van der Waals surface area contributed by atoms with E-state index in [1.54, 1.807) is 0 Å². The zero-order chi connectivity index (χ0) is 35.2. The number of nitrogens with two attached hydrogens (primary N) is 1. The molecule has 0 amide bonds. The molecule has 0 aromatic rings. The minimum absolute atomic E-state index is 0.0964. The Labute approximate surface area is 295 Å². The predicted octanol–water partition coefficient (Wildman–Crippen LogP) is 11.1. The molecule has 0 aliphatic rings. The highest BCUT2D eigenvalue weighted by Gasteiger charge is 2.25. The summed E-state index contributed by atoms with van der Waals surface area (Å²) in [6.07, 6.45) is 40.1. The van der Waals surface area contributed by atoms with Gasteiger partial charge < -0.3 is 20.1 Å². The summed E-state index contributed by atoms with van der Waals surface area (Å²) in [4.78, 5) is 22.4. The maximum absolute atomic E-state index is 12.5. The third kappa shape index (κ3) is 36.0. The molecule has 0 aliphatic heterocycles. The van der Waals surface area contributed by atoms with Gasteiger partial charge in [-0.25, -0.2) is 4.57 Å². The fraction of sp³-hybridized carbons (Fsp3) is 0.821. The van der Waals surface area contributed by atoms with Crippen molar-refractivity contribution in [1.29, 1.82) is 0 Å². The first-order valence-corrected chi connectivity index (χ1v) is 21.0. The van der Waals surface area contributed by atoms with Crippen molar-refractivity contribution in [1.82, 2.24) is 0 Å². The van der Waals surface area contributed by atoms with E-state index < -0.39 is 13.9 Å². The maximum atomic E-state index is 12.5. The van der Waals surface area contributed by atoms with Crippen molar-refractivity contribution >= 4 is 13.8 Å². The molecule has 282 valence electrons. The molecule has 2 unspecified atom stereocenters. The van der Waals surface area contributed by atoms with E-state index in [2.05, 4.69) is 50.3 Å². The van der Waals surface area contributed by atoms with Gasteiger partial charge in [-0.1, -0.05) is 134 Å². The van der Waals surface area contributed by atoms with Crippen LogP contribution < -0.4 is 5.73 Å². The molecule has 0 heterocycles. The first-order valence-electron chi connectivity index (χ1n) is 19.5. The van der Waals surface area contributed by atoms with Gasteiger partial charge in [0.1, 0.15) is 6.10 Å². The van der Waals surface area contributed by atoms with Crippen LogP contribution >= 0.6 is 7.82 Å². The minimum Gasteiger partial charge on any atom is -0.457 e. The van der Waals surface area contributed by atoms with Gasteiger partial charge in [-0.05, 0) is 64.2 Å². The highest BCUT2D eigenvalue weighted by atomic mass is 31.2. The largest absolute Gasteiger partial charge is 0.472 e. The normalized spacial score (nSPS) is 14.0. The van der Waals surface area contributed by atoms with Gasteiger partial charge in [0.05, 0.1) is 19.8 Å². The zero-order valence-corrected chi connectivity index (χ0v) is 31.9. The van der Waals surface area contributed by atoms with Crippen LogP contribution in [0, 0.1) is 0 Å². The van der Waals surface area contributed by atoms with E-state index in [-0.39, 0.29) is 32.3 Å². The number of esters is 1. The molecule has 0 fully saturated rings. The van der Waals surface area contributed by atoms with Crippen LogP contribution in [0.5, 0.6) is 0 Å². The monoisotopic (exact) mass is 700 g/mol. The molecule has 0 aromatic heterocycles. The number of carbonyl (C=O) groups excluding carboxylic acids is 1. The van der Waals surface area contributed by atoms with Gasteiger partial charge in [-0.15, -0.1) is 0 Å². The quantitative estimate of drug-likeness (QED) is 0.0285. The fourth-order valence-corrected chi connectivity index (χ4v) is 5.91. The van der Waals surface area contributed by atoms with E-state index in [1.165, 1.54) is 83.5 Å². The summed E-state index contributed by atoms with van der Waals surface area (Å²) in [5.74, 6) is -0.348. The lowest BCUT2D eigenvalue weighted by Gasteiger charge is -2.20. The number of hydrogen-bond acceptors (Lipinski definition) is 7. The van der Waals surface area contributed by atoms with Crippen LogP contribution in [0.2, 0.25) is 0 Å². The smallest absolute Gasteiger partial charge is 0.457 e. The lowest BCUT2D eigenvalue weighted by molar-refractivity contribution is -0.154. The molecule has 0 aliphatic carbocycles. The molecular weight excluding hydrogens is 625 g/mol. The SMILES string of the molecule is CCC/C=C\C/C=C\CCCCCCCC(=O)OC(COCCCCCCCC/C=C\CCCCCCCC)COP(=O)(O)OCCN. The topological polar surface area (TPSA) is 117 Å². The molecular formula is C39H74NO7P. The van der Waals surface area contributed by atoms with Crippen molar-refractivity contribution in [2.75, 3.05) is 33.0 Å². The molecule has 0 spiro atoms. The molecule has 0 bridgehead atoms. The molecule has 0 saturated heterocycles. The summed E-state index contributed by atoms with van der Waals surface area (Å²) >= 11 is 0. The number of carbonyl (C=O) groups is 1. The van der Waals surface area contributed by atoms with Crippen molar-refractivity contribution in [3.63, 3.8) is 0 Å². The number of phosphoric ester groups is 1. The summed E-state index contributed by atoms with van der Waals surface area (Å²) in [5.41, 5.74) is 5.35. The summed E-state index contributed by atoms with van der Waals surface area (Å²) in [6, 6.07) is 0. The molecule has 2 atom stereocenters. The lowest BCUT2D eigenvalue weighted by Crippen LogP contribution is -2.28. The second-order valence-electron chi connectivity index (χ2n) is 12.8. The molecule has 9 heteroatoms. The van der Waals surface area contributed by atoms with Crippen LogP contribution in [0.1, 0.15) is 168 Å². The Morgan fingerprint density at radius 2 is 1.15 bits per heavy atom. The Balaban J connectivity index is 4.10. The summed E-state index contributed by atoms with van der Waals surface area (Å²) in [5, 5.41) is 0. The van der Waals surface area contributed by atoms with Crippen LogP contribution in [-0.4, -0.2) is 49.9 Å². The van der Waals surface area contributed by atoms with E-state index >= 15 is 0 Å². The highest BCUT2D eigenvalue weighted by molar-refractivity contribution is 7.47. The highest BCUT2D eigenvalue weighted by Crippen LogP contribution is 2.43. The molecule has 3 N–H and O–H groups in total. The van der Waals surface area contributed by atoms with E-state index in [9.17, 15) is 14.3 Å². The Hall–Kier alpha value is -1.28. The maximum Gasteiger partial charge on any atom is 0.472 e. The van der Waals surface area contributed by atoms with Crippen LogP contribution in [-0.2, 0) is 27.9 Å². The van der Waals surface area contributed by atoms with Gasteiger partial charge in [0.2, 0.25) is 0 Å². The third-order valence-electron chi connectivity index (χ3n) is 8.01. The van der Waals surface area contributed by atoms with E-state index in [4.69, 9.17) is 24.3 Å². The second kappa shape index (κ2) is 37.0. The molecule has 48 heavy (non-hydrogen) atoms. The summed E-state index contributed by atoms with van der Waals surface area (Å²) in [7, 11) is -4.27. The van der Waals surface area contributed by atoms with Gasteiger partial charge in [0.25, 0.3) is 0 Å². The van der Waals surface area contributed by atoms with Gasteiger partial charge in [0.15, 0.2) is 0 Å². The molecule has 0 radical (unpaired) electrons. The van der Waals surface area contributed by atoms with Crippen molar-refractivity contribution in [2.24, 2.45) is 5.73 Å². The Morgan fingerprint density at radius 1 is 0.625 bits per heavy atom. The van der Waals surface area contributed by atoms with Crippen molar-refractivity contribution < 1.29 is 32.8 Å². The molecule has 8 nitrogen and oxygen atoms in total. The van der Waals surface area contributed by atoms with Gasteiger partial charge in [-0.3, -0.25) is 13.8 Å². The average Bonchev–Trinajstić information content (AvgIpc) is 3.07. The Kier molecular flexibility index (Phi) is 36.0. The number of phosphoric acid groups is 1. The first-order chi connectivity index (χ1) is 23.4. The fourth-order valence-electron chi connectivity index (χ4n) is 5.15. The third-order valence-corrected chi connectivity index (χ3v) is 8.99. The number of rotatable bonds is 37. The molecule has 0 aromatic carbocycles. The van der Waals surface area contributed by atoms with Crippen LogP contribution in [0.3, 0.4) is 0 Å². The van der Waals surface area contributed by atoms with E-state index in [0.29, 0.717) is 13.0 Å². The van der Waals surface area contributed by atoms with Crippen molar-refractivity contribution in [3.8, 4) is 0 Å². The minimum atomic E-state index is -4.27. The average molecular weight is 700 g/mol. The summed E-state index contributed by atoms with van der Waals surface area (Å²) in [6.45, 7) is 4.81. The first kappa shape index (κ1) is 46.7. The Morgan fingerprint density at radius 3 is 1.73 bits per heavy atom. The van der Waals surface area contributed by atoms with Gasteiger partial charge >= 0.3 is 13.8 Å². The molecule has 0 rings (SSSR count). The molecule has 0 saturated carbocycles. The van der Waals surface area contributed by atoms with Crippen LogP contribution in [0.4, 0.5) is 0 Å². The second-order valence-corrected chi connectivity index (χ2v) is 14.2. The van der Waals surface area contributed by atoms with Gasteiger partial charge in [-0.2, -0.15) is 0 Å². The van der Waals surface area contributed by atoms with E-state index in [0.717, 1.165) is 64.2 Å². The van der Waals surface area contributed by atoms with Gasteiger partial charge in [0, 0.05) is 19.6 Å². The summed E-state index contributed by atoms with van der Waals surface area (Å²) < 4.78 is 33.3. The lowest BCUT2D eigenvalue weighted by atomic mass is 10.1. The van der Waals surface area contributed by atoms with Crippen LogP contribution in [0.15, 0.2) is 36.5 Å². The van der Waals surface area contributed by atoms with Crippen molar-refractivity contribution in [2.45, 2.75) is 174 Å². The number of unbranched alkanes of at least 4 members (excludes halogenated alkanes) is 18. The standard InChI is InChI=1S/C39H74NO7P/c1-3-5-7-9-11-13-15-17-18-19-21-23-25-27-29-31-34-44-36-38(37-46-48(42,43)45-35-33-40)47-39(41)32-30-28-26-24-22-20-16-14-12-10-8-6-4-2/h8,10,14,16-18,38H,3-7,9,11-13,15,19-37,40H2,1-2H3,(H,42,43)/b10-8-,16-14-,18-17-. The zero-order valence-electron chi connectivity index (χ0n) is 31.0. The van der Waals surface area contributed by atoms with Crippen molar-refractivity contribution in [3.05, 3.63) is 36.5 Å². The van der Waals surface area contributed by atoms with E-state index in [1.807, 2.05) is 0 Å². The number of allylic oxidation sites excluding steroid dienone is 6. The number of hydrogen-bond donors (Lipinski definition) is 2. The predicted molar refractivity (Wildman–Crippen MR) is 201 cm³/mol. The number of ether oxygens (including phenoxy) is 2. The van der Waals surface area contributed by atoms with Crippen LogP contribution in [0.25, 0.3) is 0 Å².